The van der Waals surface area contributed by atoms with Gasteiger partial charge in [-0.05, 0) is 37.0 Å². The molecule has 150 valence electrons. The van der Waals surface area contributed by atoms with Crippen molar-refractivity contribution in [2.75, 3.05) is 5.32 Å². The number of aryl methyl sites for hydroxylation is 1. The maximum Gasteiger partial charge on any atom is 0.323 e. The van der Waals surface area contributed by atoms with Crippen molar-refractivity contribution in [3.8, 4) is 5.69 Å². The first-order valence-electron chi connectivity index (χ1n) is 9.53. The summed E-state index contributed by atoms with van der Waals surface area (Å²) in [6.07, 6.45) is 5.75. The maximum absolute atomic E-state index is 13.2. The molecule has 1 saturated heterocycles. The van der Waals surface area contributed by atoms with Crippen molar-refractivity contribution >= 4 is 23.3 Å². The number of amides is 2. The van der Waals surface area contributed by atoms with Crippen molar-refractivity contribution in [3.05, 3.63) is 47.4 Å². The van der Waals surface area contributed by atoms with Crippen LogP contribution in [-0.4, -0.2) is 42.2 Å². The Hall–Kier alpha value is -2.94. The number of nitrogens with one attached hydrogen (secondary N) is 1. The third-order valence-electron chi connectivity index (χ3n) is 5.73. The number of likely N-dealkylation sites (tertiary alicyclic amines) is 1. The van der Waals surface area contributed by atoms with Gasteiger partial charge >= 0.3 is 6.03 Å². The third-order valence-corrected chi connectivity index (χ3v) is 6.05. The van der Waals surface area contributed by atoms with Gasteiger partial charge in [0.1, 0.15) is 11.2 Å². The number of hydrogen-bond acceptors (Lipinski definition) is 6. The summed E-state index contributed by atoms with van der Waals surface area (Å²) >= 11 is 6.27. The van der Waals surface area contributed by atoms with Gasteiger partial charge in [0.2, 0.25) is 11.8 Å². The summed E-state index contributed by atoms with van der Waals surface area (Å²) in [4.78, 5) is 16.5. The second kappa shape index (κ2) is 6.55. The van der Waals surface area contributed by atoms with Gasteiger partial charge in [-0.25, -0.2) is 4.79 Å². The summed E-state index contributed by atoms with van der Waals surface area (Å²) in [5.74, 6) is 1.51. The SMILES string of the molecule is Cc1nnc(C23CC(C)CC(C2)N3C(=O)Nc2ccc(Cl)c(-n3nccn3)c2)o1. The molecule has 1 aliphatic heterocycles. The smallest absolute Gasteiger partial charge is 0.323 e. The number of benzene rings is 1. The van der Waals surface area contributed by atoms with Crippen LogP contribution in [-0.2, 0) is 5.54 Å². The Morgan fingerprint density at radius 1 is 1.28 bits per heavy atom. The first kappa shape index (κ1) is 18.1. The molecular weight excluding hydrogens is 394 g/mol. The molecule has 2 fully saturated rings. The molecule has 5 rings (SSSR count). The van der Waals surface area contributed by atoms with Gasteiger partial charge in [-0.2, -0.15) is 15.0 Å². The van der Waals surface area contributed by atoms with Crippen molar-refractivity contribution in [3.63, 3.8) is 0 Å². The lowest BCUT2D eigenvalue weighted by atomic mass is 9.64. The van der Waals surface area contributed by atoms with Gasteiger partial charge in [-0.1, -0.05) is 18.5 Å². The van der Waals surface area contributed by atoms with Crippen LogP contribution in [0.2, 0.25) is 5.02 Å². The number of carbonyl (C=O) groups excluding carboxylic acids is 1. The molecular formula is C19H20ClN7O2. The number of fused-ring (bicyclic) bond motifs is 2. The summed E-state index contributed by atoms with van der Waals surface area (Å²) in [5, 5.41) is 19.9. The molecule has 3 aromatic rings. The van der Waals surface area contributed by atoms with Crippen molar-refractivity contribution in [2.45, 2.75) is 44.7 Å². The molecule has 0 spiro atoms. The first-order chi connectivity index (χ1) is 14.0. The molecule has 1 saturated carbocycles. The van der Waals surface area contributed by atoms with E-state index in [4.69, 9.17) is 16.0 Å². The highest BCUT2D eigenvalue weighted by atomic mass is 35.5. The van der Waals surface area contributed by atoms with Crippen molar-refractivity contribution in [1.82, 2.24) is 30.1 Å². The zero-order valence-electron chi connectivity index (χ0n) is 16.0. The highest BCUT2D eigenvalue weighted by Gasteiger charge is 2.62. The number of piperidine rings is 1. The number of rotatable bonds is 3. The molecule has 2 aromatic heterocycles. The van der Waals surface area contributed by atoms with Crippen molar-refractivity contribution in [2.24, 2.45) is 5.92 Å². The summed E-state index contributed by atoms with van der Waals surface area (Å²) in [7, 11) is 0. The van der Waals surface area contributed by atoms with E-state index in [1.165, 1.54) is 4.80 Å². The average Bonchev–Trinajstić information content (AvgIpc) is 3.34. The minimum absolute atomic E-state index is 0.158. The largest absolute Gasteiger partial charge is 0.423 e. The summed E-state index contributed by atoms with van der Waals surface area (Å²) in [6, 6.07) is 5.19. The normalized spacial score (nSPS) is 25.6. The second-order valence-electron chi connectivity index (χ2n) is 7.85. The maximum atomic E-state index is 13.2. The number of hydrogen-bond donors (Lipinski definition) is 1. The van der Waals surface area contributed by atoms with E-state index in [1.54, 1.807) is 37.5 Å². The Morgan fingerprint density at radius 3 is 2.79 bits per heavy atom. The zero-order valence-corrected chi connectivity index (χ0v) is 16.8. The molecule has 29 heavy (non-hydrogen) atoms. The molecule has 1 N–H and O–H groups in total. The van der Waals surface area contributed by atoms with Gasteiger partial charge in [-0.3, -0.25) is 0 Å². The Morgan fingerprint density at radius 2 is 2.07 bits per heavy atom. The van der Waals surface area contributed by atoms with Crippen LogP contribution in [0.5, 0.6) is 0 Å². The van der Waals surface area contributed by atoms with Gasteiger partial charge in [0, 0.05) is 25.1 Å². The molecule has 2 bridgehead atoms. The molecule has 2 aliphatic rings. The average molecular weight is 414 g/mol. The lowest BCUT2D eigenvalue weighted by Gasteiger charge is -2.61. The van der Waals surface area contributed by atoms with Crippen molar-refractivity contribution < 1.29 is 9.21 Å². The van der Waals surface area contributed by atoms with Gasteiger partial charge in [0.05, 0.1) is 17.4 Å². The number of aromatic nitrogens is 5. The van der Waals surface area contributed by atoms with E-state index in [0.717, 1.165) is 19.3 Å². The number of urea groups is 1. The lowest BCUT2D eigenvalue weighted by molar-refractivity contribution is -0.110. The van der Waals surface area contributed by atoms with Crippen LogP contribution >= 0.6 is 11.6 Å². The number of nitrogens with zero attached hydrogens (tertiary/aromatic N) is 6. The van der Waals surface area contributed by atoms with E-state index in [-0.39, 0.29) is 12.1 Å². The quantitative estimate of drug-likeness (QED) is 0.704. The first-order valence-corrected chi connectivity index (χ1v) is 9.91. The van der Waals surface area contributed by atoms with Crippen LogP contribution in [0.25, 0.3) is 5.69 Å². The minimum Gasteiger partial charge on any atom is -0.423 e. The van der Waals surface area contributed by atoms with Crippen LogP contribution in [0, 0.1) is 12.8 Å². The van der Waals surface area contributed by atoms with Crippen LogP contribution in [0.3, 0.4) is 0 Å². The Bertz CT molecular complexity index is 1070. The molecule has 0 radical (unpaired) electrons. The topological polar surface area (TPSA) is 102 Å². The highest BCUT2D eigenvalue weighted by Crippen LogP contribution is 2.55. The van der Waals surface area contributed by atoms with Gasteiger partial charge in [0.15, 0.2) is 0 Å². The fraction of sp³-hybridized carbons (Fsp3) is 0.421. The van der Waals surface area contributed by atoms with E-state index in [2.05, 4.69) is 32.6 Å². The Balaban J connectivity index is 1.43. The van der Waals surface area contributed by atoms with Gasteiger partial charge < -0.3 is 14.6 Å². The summed E-state index contributed by atoms with van der Waals surface area (Å²) in [6.45, 7) is 3.96. The van der Waals surface area contributed by atoms with E-state index >= 15 is 0 Å². The fourth-order valence-electron chi connectivity index (χ4n) is 4.70. The molecule has 1 aromatic carbocycles. The van der Waals surface area contributed by atoms with Crippen LogP contribution in [0.15, 0.2) is 35.0 Å². The summed E-state index contributed by atoms with van der Waals surface area (Å²) in [5.41, 5.74) is 0.669. The van der Waals surface area contributed by atoms with Gasteiger partial charge in [-0.15, -0.1) is 10.2 Å². The van der Waals surface area contributed by atoms with Crippen molar-refractivity contribution in [1.29, 1.82) is 0 Å². The van der Waals surface area contributed by atoms with Crippen LogP contribution < -0.4 is 5.32 Å². The third kappa shape index (κ3) is 2.88. The summed E-state index contributed by atoms with van der Waals surface area (Å²) < 4.78 is 5.75. The monoisotopic (exact) mass is 413 g/mol. The standard InChI is InChI=1S/C19H20ClN7O2/c1-11-7-14-10-19(9-11,17-25-24-12(2)29-17)26(14)18(28)23-13-3-4-15(20)16(8-13)27-21-5-6-22-27/h3-6,8,11,14H,7,9-10H2,1-2H3,(H,23,28). The Labute approximate surface area is 172 Å². The fourth-order valence-corrected chi connectivity index (χ4v) is 4.89. The predicted molar refractivity (Wildman–Crippen MR) is 105 cm³/mol. The molecule has 3 atom stereocenters. The minimum atomic E-state index is -0.535. The van der Waals surface area contributed by atoms with E-state index in [0.29, 0.717) is 34.1 Å². The molecule has 3 unspecified atom stereocenters. The van der Waals surface area contributed by atoms with E-state index in [1.807, 2.05) is 4.90 Å². The van der Waals surface area contributed by atoms with Crippen LogP contribution in [0.4, 0.5) is 10.5 Å². The molecule has 9 nitrogen and oxygen atoms in total. The molecule has 1 aliphatic carbocycles. The van der Waals surface area contributed by atoms with E-state index < -0.39 is 5.54 Å². The number of halogens is 1. The molecule has 2 amide bonds. The molecule has 3 heterocycles. The lowest BCUT2D eigenvalue weighted by Crippen LogP contribution is -2.70. The van der Waals surface area contributed by atoms with Gasteiger partial charge in [0.25, 0.3) is 0 Å². The molecule has 10 heteroatoms. The number of carbonyl (C=O) groups is 1. The highest BCUT2D eigenvalue weighted by molar-refractivity contribution is 6.32. The van der Waals surface area contributed by atoms with E-state index in [9.17, 15) is 4.79 Å². The van der Waals surface area contributed by atoms with Crippen LogP contribution in [0.1, 0.15) is 38.0 Å². The second-order valence-corrected chi connectivity index (χ2v) is 8.25. The zero-order chi connectivity index (χ0) is 20.2. The Kier molecular flexibility index (Phi) is 4.09. The predicted octanol–water partition coefficient (Wildman–Crippen LogP) is 3.54. The number of anilines is 1.